The first kappa shape index (κ1) is 15.5. The lowest BCUT2D eigenvalue weighted by atomic mass is 10.1. The molecule has 1 fully saturated rings. The van der Waals surface area contributed by atoms with E-state index >= 15 is 0 Å². The predicted molar refractivity (Wildman–Crippen MR) is 83.6 cm³/mol. The zero-order chi connectivity index (χ0) is 14.2. The molecule has 2 rings (SSSR count). The van der Waals surface area contributed by atoms with Crippen molar-refractivity contribution in [2.24, 2.45) is 5.92 Å². The van der Waals surface area contributed by atoms with Crippen LogP contribution in [0.15, 0.2) is 30.3 Å². The first-order valence-corrected chi connectivity index (χ1v) is 7.83. The van der Waals surface area contributed by atoms with Crippen LogP contribution in [0.1, 0.15) is 24.8 Å². The fourth-order valence-electron chi connectivity index (χ4n) is 3.07. The van der Waals surface area contributed by atoms with E-state index in [0.29, 0.717) is 6.61 Å². The molecule has 1 aliphatic heterocycles. The van der Waals surface area contributed by atoms with E-state index in [1.54, 1.807) is 0 Å². The molecular weight excluding hydrogens is 248 g/mol. The number of hydrogen-bond acceptors (Lipinski definition) is 3. The summed E-state index contributed by atoms with van der Waals surface area (Å²) in [6, 6.07) is 10.8. The molecule has 0 radical (unpaired) electrons. The maximum absolute atomic E-state index is 8.81. The molecule has 0 amide bonds. The second kappa shape index (κ2) is 8.40. The molecule has 1 unspecified atom stereocenters. The van der Waals surface area contributed by atoms with Crippen molar-refractivity contribution in [3.05, 3.63) is 35.9 Å². The lowest BCUT2D eigenvalue weighted by Crippen LogP contribution is -2.29. The minimum atomic E-state index is 0.322. The van der Waals surface area contributed by atoms with Gasteiger partial charge in [-0.2, -0.15) is 0 Å². The number of unbranched alkanes of at least 4 members (excludes halogenated alkanes) is 1. The number of aliphatic hydroxyl groups is 1. The van der Waals surface area contributed by atoms with Gasteiger partial charge in [-0.15, -0.1) is 0 Å². The number of nitrogens with zero attached hydrogens (tertiary/aromatic N) is 2. The average molecular weight is 276 g/mol. The molecule has 1 atom stereocenters. The first-order chi connectivity index (χ1) is 9.78. The van der Waals surface area contributed by atoms with Crippen molar-refractivity contribution in [1.29, 1.82) is 0 Å². The Hall–Kier alpha value is -0.900. The standard InChI is InChI=1S/C17H28N2O/c1-18(10-5-6-12-20)13-17-9-11-19(15-17)14-16-7-3-2-4-8-16/h2-4,7-8,17,20H,5-6,9-15H2,1H3. The van der Waals surface area contributed by atoms with E-state index in [0.717, 1.165) is 31.8 Å². The number of hydrogen-bond donors (Lipinski definition) is 1. The molecule has 1 aliphatic rings. The van der Waals surface area contributed by atoms with Crippen LogP contribution in [0.4, 0.5) is 0 Å². The van der Waals surface area contributed by atoms with Crippen LogP contribution in [0.25, 0.3) is 0 Å². The van der Waals surface area contributed by atoms with Gasteiger partial charge < -0.3 is 10.0 Å². The molecule has 0 bridgehead atoms. The molecule has 3 heteroatoms. The van der Waals surface area contributed by atoms with Gasteiger partial charge in [0.1, 0.15) is 0 Å². The Labute approximate surface area is 123 Å². The summed E-state index contributed by atoms with van der Waals surface area (Å²) in [5, 5.41) is 8.81. The normalized spacial score (nSPS) is 19.9. The van der Waals surface area contributed by atoms with E-state index < -0.39 is 0 Å². The first-order valence-electron chi connectivity index (χ1n) is 7.83. The van der Waals surface area contributed by atoms with E-state index in [4.69, 9.17) is 5.11 Å². The van der Waals surface area contributed by atoms with Gasteiger partial charge in [-0.05, 0) is 50.9 Å². The quantitative estimate of drug-likeness (QED) is 0.738. The Kier molecular flexibility index (Phi) is 6.51. The van der Waals surface area contributed by atoms with Gasteiger partial charge in [0, 0.05) is 26.2 Å². The number of aliphatic hydroxyl groups excluding tert-OH is 1. The highest BCUT2D eigenvalue weighted by Crippen LogP contribution is 2.19. The van der Waals surface area contributed by atoms with Gasteiger partial charge in [0.15, 0.2) is 0 Å². The van der Waals surface area contributed by atoms with Crippen molar-refractivity contribution >= 4 is 0 Å². The summed E-state index contributed by atoms with van der Waals surface area (Å²) in [6.45, 7) is 6.16. The second-order valence-electron chi connectivity index (χ2n) is 6.07. The Morgan fingerprint density at radius 3 is 2.80 bits per heavy atom. The molecular formula is C17H28N2O. The van der Waals surface area contributed by atoms with E-state index in [2.05, 4.69) is 47.2 Å². The van der Waals surface area contributed by atoms with Crippen LogP contribution in [0.3, 0.4) is 0 Å². The monoisotopic (exact) mass is 276 g/mol. The van der Waals surface area contributed by atoms with Crippen LogP contribution in [-0.4, -0.2) is 54.7 Å². The lowest BCUT2D eigenvalue weighted by Gasteiger charge is -2.21. The van der Waals surface area contributed by atoms with Gasteiger partial charge in [-0.25, -0.2) is 0 Å². The van der Waals surface area contributed by atoms with Crippen LogP contribution in [0, 0.1) is 5.92 Å². The van der Waals surface area contributed by atoms with E-state index in [-0.39, 0.29) is 0 Å². The molecule has 1 saturated heterocycles. The Morgan fingerprint density at radius 1 is 1.25 bits per heavy atom. The molecule has 0 saturated carbocycles. The highest BCUT2D eigenvalue weighted by molar-refractivity contribution is 5.14. The average Bonchev–Trinajstić information content (AvgIpc) is 2.87. The zero-order valence-corrected chi connectivity index (χ0v) is 12.7. The van der Waals surface area contributed by atoms with Crippen molar-refractivity contribution in [2.45, 2.75) is 25.8 Å². The molecule has 3 nitrogen and oxygen atoms in total. The van der Waals surface area contributed by atoms with Crippen molar-refractivity contribution in [2.75, 3.05) is 39.8 Å². The molecule has 112 valence electrons. The van der Waals surface area contributed by atoms with Crippen LogP contribution in [0.2, 0.25) is 0 Å². The van der Waals surface area contributed by atoms with Gasteiger partial charge in [0.2, 0.25) is 0 Å². The summed E-state index contributed by atoms with van der Waals surface area (Å²) in [4.78, 5) is 4.99. The van der Waals surface area contributed by atoms with Crippen LogP contribution >= 0.6 is 0 Å². The minimum Gasteiger partial charge on any atom is -0.396 e. The van der Waals surface area contributed by atoms with Gasteiger partial charge in [0.25, 0.3) is 0 Å². The summed E-state index contributed by atoms with van der Waals surface area (Å²) in [5.41, 5.74) is 1.42. The zero-order valence-electron chi connectivity index (χ0n) is 12.7. The van der Waals surface area contributed by atoms with E-state index in [1.165, 1.54) is 31.6 Å². The number of rotatable bonds is 8. The fourth-order valence-corrected chi connectivity index (χ4v) is 3.07. The fraction of sp³-hybridized carbons (Fsp3) is 0.647. The SMILES string of the molecule is CN(CCCCO)CC1CCN(Cc2ccccc2)C1. The molecule has 0 spiro atoms. The van der Waals surface area contributed by atoms with Crippen molar-refractivity contribution in [3.8, 4) is 0 Å². The topological polar surface area (TPSA) is 26.7 Å². The molecule has 0 aliphatic carbocycles. The van der Waals surface area contributed by atoms with E-state index in [9.17, 15) is 0 Å². The molecule has 1 aromatic carbocycles. The summed E-state index contributed by atoms with van der Waals surface area (Å²) < 4.78 is 0. The Bertz CT molecular complexity index is 369. The Balaban J connectivity index is 1.67. The minimum absolute atomic E-state index is 0.322. The third kappa shape index (κ3) is 5.23. The number of likely N-dealkylation sites (tertiary alicyclic amines) is 1. The molecule has 1 aromatic rings. The summed E-state index contributed by atoms with van der Waals surface area (Å²) in [6.07, 6.45) is 3.35. The highest BCUT2D eigenvalue weighted by Gasteiger charge is 2.23. The van der Waals surface area contributed by atoms with Crippen LogP contribution in [-0.2, 0) is 6.54 Å². The largest absolute Gasteiger partial charge is 0.396 e. The third-order valence-electron chi connectivity index (χ3n) is 4.14. The molecule has 1 heterocycles. The van der Waals surface area contributed by atoms with Crippen molar-refractivity contribution in [1.82, 2.24) is 9.80 Å². The van der Waals surface area contributed by atoms with Crippen LogP contribution < -0.4 is 0 Å². The molecule has 20 heavy (non-hydrogen) atoms. The van der Waals surface area contributed by atoms with Gasteiger partial charge in [-0.1, -0.05) is 30.3 Å². The van der Waals surface area contributed by atoms with Crippen molar-refractivity contribution < 1.29 is 5.11 Å². The van der Waals surface area contributed by atoms with Crippen molar-refractivity contribution in [3.63, 3.8) is 0 Å². The summed E-state index contributed by atoms with van der Waals surface area (Å²) >= 11 is 0. The van der Waals surface area contributed by atoms with Gasteiger partial charge >= 0.3 is 0 Å². The van der Waals surface area contributed by atoms with Crippen LogP contribution in [0.5, 0.6) is 0 Å². The maximum Gasteiger partial charge on any atom is 0.0431 e. The highest BCUT2D eigenvalue weighted by atomic mass is 16.2. The molecule has 0 aromatic heterocycles. The predicted octanol–water partition coefficient (Wildman–Crippen LogP) is 2.21. The molecule has 1 N–H and O–H groups in total. The van der Waals surface area contributed by atoms with Gasteiger partial charge in [0.05, 0.1) is 0 Å². The summed E-state index contributed by atoms with van der Waals surface area (Å²) in [5.74, 6) is 0.804. The third-order valence-corrected chi connectivity index (χ3v) is 4.14. The lowest BCUT2D eigenvalue weighted by molar-refractivity contribution is 0.239. The summed E-state index contributed by atoms with van der Waals surface area (Å²) in [7, 11) is 2.21. The Morgan fingerprint density at radius 2 is 2.05 bits per heavy atom. The van der Waals surface area contributed by atoms with Gasteiger partial charge in [-0.3, -0.25) is 4.90 Å². The second-order valence-corrected chi connectivity index (χ2v) is 6.07. The number of benzene rings is 1. The maximum atomic E-state index is 8.81. The smallest absolute Gasteiger partial charge is 0.0431 e. The van der Waals surface area contributed by atoms with E-state index in [1.807, 2.05) is 0 Å².